The van der Waals surface area contributed by atoms with Gasteiger partial charge in [0.25, 0.3) is 15.9 Å². The largest absolute Gasteiger partial charge is 0.334 e. The number of rotatable bonds is 5. The minimum Gasteiger partial charge on any atom is -0.334 e. The van der Waals surface area contributed by atoms with Gasteiger partial charge < -0.3 is 9.09 Å². The molecule has 3 aromatic rings. The average molecular weight is 387 g/mol. The van der Waals surface area contributed by atoms with Gasteiger partial charge in [0.1, 0.15) is 0 Å². The molecule has 2 aromatic heterocycles. The van der Waals surface area contributed by atoms with Crippen molar-refractivity contribution in [3.63, 3.8) is 0 Å². The third kappa shape index (κ3) is 3.65. The van der Waals surface area contributed by atoms with Crippen LogP contribution in [0.4, 0.5) is 0 Å². The van der Waals surface area contributed by atoms with Crippen LogP contribution in [0.5, 0.6) is 0 Å². The Labute approximate surface area is 157 Å². The van der Waals surface area contributed by atoms with Gasteiger partial charge in [0.15, 0.2) is 10.9 Å². The second-order valence-electron chi connectivity index (χ2n) is 6.68. The molecule has 0 unspecified atom stereocenters. The van der Waals surface area contributed by atoms with Crippen LogP contribution in [0.3, 0.4) is 0 Å². The first-order valence-electron chi connectivity index (χ1n) is 8.94. The summed E-state index contributed by atoms with van der Waals surface area (Å²) in [6.07, 6.45) is 5.87. The molecule has 0 bridgehead atoms. The van der Waals surface area contributed by atoms with Crippen LogP contribution in [0, 0.1) is 6.92 Å². The van der Waals surface area contributed by atoms with Gasteiger partial charge in [0, 0.05) is 24.8 Å². The Morgan fingerprint density at radius 3 is 2.70 bits per heavy atom. The second-order valence-corrected chi connectivity index (χ2v) is 8.56. The molecule has 142 valence electrons. The molecule has 0 radical (unpaired) electrons. The highest BCUT2D eigenvalue weighted by molar-refractivity contribution is 7.89. The van der Waals surface area contributed by atoms with E-state index in [1.165, 1.54) is 16.8 Å². The molecule has 1 aliphatic heterocycles. The number of benzene rings is 1. The molecule has 4 rings (SSSR count). The maximum absolute atomic E-state index is 12.7. The predicted octanol–water partition coefficient (Wildman–Crippen LogP) is 2.46. The molecular formula is C18H21N5O3S. The van der Waals surface area contributed by atoms with Crippen molar-refractivity contribution in [2.75, 3.05) is 13.1 Å². The lowest BCUT2D eigenvalue weighted by Gasteiger charge is -2.24. The van der Waals surface area contributed by atoms with Crippen molar-refractivity contribution in [1.29, 1.82) is 0 Å². The van der Waals surface area contributed by atoms with E-state index in [0.717, 1.165) is 30.4 Å². The summed E-state index contributed by atoms with van der Waals surface area (Å²) in [5.74, 6) is 0.914. The summed E-state index contributed by atoms with van der Waals surface area (Å²) >= 11 is 0. The normalized spacial score (nSPS) is 15.9. The van der Waals surface area contributed by atoms with Crippen LogP contribution < -0.4 is 0 Å². The molecule has 0 atom stereocenters. The Kier molecular flexibility index (Phi) is 4.79. The average Bonchev–Trinajstić information content (AvgIpc) is 3.33. The van der Waals surface area contributed by atoms with Crippen LogP contribution >= 0.6 is 0 Å². The van der Waals surface area contributed by atoms with Crippen LogP contribution in [0.25, 0.3) is 11.5 Å². The summed E-state index contributed by atoms with van der Waals surface area (Å²) < 4.78 is 33.9. The van der Waals surface area contributed by atoms with Gasteiger partial charge in [-0.25, -0.2) is 13.4 Å². The molecule has 1 aliphatic rings. The highest BCUT2D eigenvalue weighted by atomic mass is 32.2. The van der Waals surface area contributed by atoms with Crippen molar-refractivity contribution >= 4 is 10.0 Å². The van der Waals surface area contributed by atoms with Gasteiger partial charge >= 0.3 is 0 Å². The lowest BCUT2D eigenvalue weighted by molar-refractivity contribution is 0.345. The van der Waals surface area contributed by atoms with E-state index in [0.29, 0.717) is 24.8 Å². The van der Waals surface area contributed by atoms with Gasteiger partial charge in [0.2, 0.25) is 0 Å². The van der Waals surface area contributed by atoms with E-state index in [9.17, 15) is 8.42 Å². The predicted molar refractivity (Wildman–Crippen MR) is 98.4 cm³/mol. The molecule has 0 spiro atoms. The highest BCUT2D eigenvalue weighted by Gasteiger charge is 2.28. The Morgan fingerprint density at radius 1 is 1.15 bits per heavy atom. The van der Waals surface area contributed by atoms with Crippen molar-refractivity contribution in [1.82, 2.24) is 24.0 Å². The van der Waals surface area contributed by atoms with Crippen LogP contribution in [0.1, 0.15) is 30.7 Å². The Bertz CT molecular complexity index is 1030. The fraction of sp³-hybridized carbons (Fsp3) is 0.389. The Balaban J connectivity index is 1.51. The van der Waals surface area contributed by atoms with Gasteiger partial charge in [-0.1, -0.05) is 29.8 Å². The van der Waals surface area contributed by atoms with Gasteiger partial charge in [0.05, 0.1) is 12.9 Å². The summed E-state index contributed by atoms with van der Waals surface area (Å²) in [6, 6.07) is 7.77. The third-order valence-corrected chi connectivity index (χ3v) is 6.48. The van der Waals surface area contributed by atoms with E-state index in [4.69, 9.17) is 4.52 Å². The number of hydrogen-bond donors (Lipinski definition) is 0. The SMILES string of the molecule is Cc1ccccc1-c1nc(Cn2cnc(S(=O)(=O)N3CCCCC3)c2)no1. The zero-order valence-corrected chi connectivity index (χ0v) is 15.9. The van der Waals surface area contributed by atoms with E-state index in [1.807, 2.05) is 31.2 Å². The maximum atomic E-state index is 12.7. The van der Waals surface area contributed by atoms with Crippen molar-refractivity contribution in [3.05, 3.63) is 48.2 Å². The van der Waals surface area contributed by atoms with Gasteiger partial charge in [-0.05, 0) is 31.4 Å². The van der Waals surface area contributed by atoms with Crippen LogP contribution in [-0.4, -0.2) is 45.5 Å². The molecule has 27 heavy (non-hydrogen) atoms. The quantitative estimate of drug-likeness (QED) is 0.667. The molecule has 0 N–H and O–H groups in total. The van der Waals surface area contributed by atoms with Crippen LogP contribution in [0.2, 0.25) is 0 Å². The second kappa shape index (κ2) is 7.24. The van der Waals surface area contributed by atoms with Crippen molar-refractivity contribution in [3.8, 4) is 11.5 Å². The van der Waals surface area contributed by atoms with Gasteiger partial charge in [-0.15, -0.1) is 0 Å². The molecule has 0 saturated carbocycles. The number of sulfonamides is 1. The van der Waals surface area contributed by atoms with E-state index in [1.54, 1.807) is 4.57 Å². The van der Waals surface area contributed by atoms with Crippen molar-refractivity contribution < 1.29 is 12.9 Å². The fourth-order valence-electron chi connectivity index (χ4n) is 3.20. The Hall–Kier alpha value is -2.52. The van der Waals surface area contributed by atoms with E-state index < -0.39 is 10.0 Å². The Morgan fingerprint density at radius 2 is 1.93 bits per heavy atom. The summed E-state index contributed by atoms with van der Waals surface area (Å²) in [5, 5.41) is 4.06. The van der Waals surface area contributed by atoms with Crippen molar-refractivity contribution in [2.24, 2.45) is 0 Å². The molecule has 0 aliphatic carbocycles. The minimum atomic E-state index is -3.54. The summed E-state index contributed by atoms with van der Waals surface area (Å²) in [7, 11) is -3.54. The molecule has 0 amide bonds. The van der Waals surface area contributed by atoms with Crippen LogP contribution in [0.15, 0.2) is 46.3 Å². The number of aromatic nitrogens is 4. The van der Waals surface area contributed by atoms with Gasteiger partial charge in [-0.3, -0.25) is 0 Å². The highest BCUT2D eigenvalue weighted by Crippen LogP contribution is 2.22. The smallest absolute Gasteiger partial charge is 0.262 e. The monoisotopic (exact) mass is 387 g/mol. The maximum Gasteiger partial charge on any atom is 0.262 e. The van der Waals surface area contributed by atoms with E-state index >= 15 is 0 Å². The topological polar surface area (TPSA) is 94.1 Å². The van der Waals surface area contributed by atoms with Gasteiger partial charge in [-0.2, -0.15) is 9.29 Å². The standard InChI is InChI=1S/C18H21N5O3S/c1-14-7-3-4-8-15(14)18-20-16(21-26-18)11-22-12-17(19-13-22)27(24,25)23-9-5-2-6-10-23/h3-4,7-8,12-13H,2,5-6,9-11H2,1H3. The molecule has 9 heteroatoms. The minimum absolute atomic E-state index is 0.0621. The molecule has 1 saturated heterocycles. The summed E-state index contributed by atoms with van der Waals surface area (Å²) in [5.41, 5.74) is 1.93. The van der Waals surface area contributed by atoms with E-state index in [2.05, 4.69) is 15.1 Å². The van der Waals surface area contributed by atoms with E-state index in [-0.39, 0.29) is 11.6 Å². The lowest BCUT2D eigenvalue weighted by Crippen LogP contribution is -2.35. The number of imidazole rings is 1. The summed E-state index contributed by atoms with van der Waals surface area (Å²) in [6.45, 7) is 3.38. The number of aryl methyl sites for hydroxylation is 1. The zero-order chi connectivity index (χ0) is 18.9. The molecule has 1 fully saturated rings. The first-order chi connectivity index (χ1) is 13.0. The fourth-order valence-corrected chi connectivity index (χ4v) is 4.65. The number of nitrogens with zero attached hydrogens (tertiary/aromatic N) is 5. The van der Waals surface area contributed by atoms with Crippen LogP contribution in [-0.2, 0) is 16.6 Å². The molecular weight excluding hydrogens is 366 g/mol. The summed E-state index contributed by atoms with van der Waals surface area (Å²) in [4.78, 5) is 8.50. The number of hydrogen-bond acceptors (Lipinski definition) is 6. The number of piperidine rings is 1. The first-order valence-corrected chi connectivity index (χ1v) is 10.4. The zero-order valence-electron chi connectivity index (χ0n) is 15.1. The molecule has 3 heterocycles. The third-order valence-electron chi connectivity index (χ3n) is 4.70. The van der Waals surface area contributed by atoms with Crippen molar-refractivity contribution in [2.45, 2.75) is 37.8 Å². The molecule has 1 aromatic carbocycles. The first kappa shape index (κ1) is 17.9. The molecule has 8 nitrogen and oxygen atoms in total. The lowest BCUT2D eigenvalue weighted by atomic mass is 10.1.